The molecular weight excluding hydrogens is 391 g/mol. The second-order valence-electron chi connectivity index (χ2n) is 7.43. The second kappa shape index (κ2) is 9.98. The number of halogens is 1. The molecule has 1 aromatic heterocycles. The van der Waals surface area contributed by atoms with Crippen LogP contribution < -0.4 is 0 Å². The minimum absolute atomic E-state index is 0.0319. The van der Waals surface area contributed by atoms with Crippen molar-refractivity contribution in [2.24, 2.45) is 5.92 Å². The molecule has 0 radical (unpaired) electrons. The van der Waals surface area contributed by atoms with E-state index >= 15 is 0 Å². The number of ether oxygens (including phenoxy) is 1. The van der Waals surface area contributed by atoms with Crippen LogP contribution in [0, 0.1) is 18.7 Å². The number of nitrogens with zero attached hydrogens (tertiary/aromatic N) is 2. The smallest absolute Gasteiger partial charge is 0.242 e. The second-order valence-corrected chi connectivity index (χ2v) is 8.43. The summed E-state index contributed by atoms with van der Waals surface area (Å²) in [5.41, 5.74) is 1.99. The lowest BCUT2D eigenvalue weighted by Gasteiger charge is -2.28. The van der Waals surface area contributed by atoms with Gasteiger partial charge < -0.3 is 14.5 Å². The first-order valence-electron chi connectivity index (χ1n) is 9.81. The summed E-state index contributed by atoms with van der Waals surface area (Å²) in [4.78, 5) is 30.3. The molecule has 29 heavy (non-hydrogen) atoms. The van der Waals surface area contributed by atoms with Crippen LogP contribution in [0.3, 0.4) is 0 Å². The number of benzene rings is 1. The van der Waals surface area contributed by atoms with Gasteiger partial charge in [-0.2, -0.15) is 0 Å². The molecule has 0 saturated heterocycles. The van der Waals surface area contributed by atoms with Gasteiger partial charge in [-0.3, -0.25) is 9.59 Å². The van der Waals surface area contributed by atoms with Crippen LogP contribution in [0.5, 0.6) is 0 Å². The van der Waals surface area contributed by atoms with Crippen molar-refractivity contribution in [1.82, 2.24) is 9.80 Å². The van der Waals surface area contributed by atoms with Gasteiger partial charge in [-0.1, -0.05) is 12.1 Å². The summed E-state index contributed by atoms with van der Waals surface area (Å²) in [5.74, 6) is -0.345. The van der Waals surface area contributed by atoms with Crippen molar-refractivity contribution in [2.75, 3.05) is 26.8 Å². The maximum atomic E-state index is 13.3. The van der Waals surface area contributed by atoms with Gasteiger partial charge in [0, 0.05) is 31.0 Å². The highest BCUT2D eigenvalue weighted by atomic mass is 32.1. The molecule has 0 atom stereocenters. The van der Waals surface area contributed by atoms with Crippen LogP contribution in [0.4, 0.5) is 4.39 Å². The Balaban J connectivity index is 1.75. The van der Waals surface area contributed by atoms with E-state index in [1.54, 1.807) is 40.4 Å². The van der Waals surface area contributed by atoms with E-state index in [0.29, 0.717) is 26.2 Å². The van der Waals surface area contributed by atoms with Crippen molar-refractivity contribution >= 4 is 23.2 Å². The Labute approximate surface area is 175 Å². The molecule has 0 spiro atoms. The van der Waals surface area contributed by atoms with Crippen LogP contribution in [0.25, 0.3) is 0 Å². The fourth-order valence-corrected chi connectivity index (χ4v) is 4.02. The van der Waals surface area contributed by atoms with Crippen molar-refractivity contribution in [2.45, 2.75) is 32.9 Å². The molecule has 1 aliphatic carbocycles. The molecule has 0 N–H and O–H groups in total. The molecule has 1 fully saturated rings. The summed E-state index contributed by atoms with van der Waals surface area (Å²) in [6.45, 7) is 3.69. The molecule has 3 rings (SSSR count). The molecule has 7 heteroatoms. The molecule has 5 nitrogen and oxygen atoms in total. The SMILES string of the molecule is COCCN(CC(=O)N(Cc1ccc(F)cc1)Cc1sccc1C)C(=O)C1CC1. The van der Waals surface area contributed by atoms with Crippen molar-refractivity contribution in [3.63, 3.8) is 0 Å². The highest BCUT2D eigenvalue weighted by molar-refractivity contribution is 7.10. The summed E-state index contributed by atoms with van der Waals surface area (Å²) >= 11 is 1.61. The maximum absolute atomic E-state index is 13.3. The molecule has 1 aromatic carbocycles. The van der Waals surface area contributed by atoms with Crippen LogP contribution in [-0.2, 0) is 27.4 Å². The molecule has 156 valence electrons. The normalized spacial score (nSPS) is 13.3. The molecule has 0 unspecified atom stereocenters. The van der Waals surface area contributed by atoms with Gasteiger partial charge >= 0.3 is 0 Å². The fraction of sp³-hybridized carbons (Fsp3) is 0.455. The van der Waals surface area contributed by atoms with E-state index in [9.17, 15) is 14.0 Å². The van der Waals surface area contributed by atoms with Gasteiger partial charge in [-0.25, -0.2) is 4.39 Å². The lowest BCUT2D eigenvalue weighted by molar-refractivity contribution is -0.142. The largest absolute Gasteiger partial charge is 0.383 e. The minimum Gasteiger partial charge on any atom is -0.383 e. The molecule has 0 bridgehead atoms. The predicted molar refractivity (Wildman–Crippen MR) is 111 cm³/mol. The first-order chi connectivity index (χ1) is 14.0. The summed E-state index contributed by atoms with van der Waals surface area (Å²) in [6.07, 6.45) is 1.79. The third-order valence-electron chi connectivity index (χ3n) is 5.07. The van der Waals surface area contributed by atoms with E-state index < -0.39 is 0 Å². The van der Waals surface area contributed by atoms with Crippen LogP contribution in [0.1, 0.15) is 28.8 Å². The van der Waals surface area contributed by atoms with Gasteiger partial charge in [-0.05, 0) is 54.5 Å². The lowest BCUT2D eigenvalue weighted by Crippen LogP contribution is -2.44. The highest BCUT2D eigenvalue weighted by Gasteiger charge is 2.34. The maximum Gasteiger partial charge on any atom is 0.242 e. The molecule has 2 aromatic rings. The van der Waals surface area contributed by atoms with E-state index in [4.69, 9.17) is 4.74 Å². The predicted octanol–water partition coefficient (Wildman–Crippen LogP) is 3.61. The molecule has 1 aliphatic rings. The van der Waals surface area contributed by atoms with Gasteiger partial charge in [0.05, 0.1) is 19.7 Å². The number of methoxy groups -OCH3 is 1. The molecule has 2 amide bonds. The summed E-state index contributed by atoms with van der Waals surface area (Å²) in [6, 6.07) is 8.21. The Kier molecular flexibility index (Phi) is 7.39. The topological polar surface area (TPSA) is 49.9 Å². The number of hydrogen-bond acceptors (Lipinski definition) is 4. The Morgan fingerprint density at radius 1 is 1.14 bits per heavy atom. The minimum atomic E-state index is -0.304. The summed E-state index contributed by atoms with van der Waals surface area (Å²) < 4.78 is 18.4. The Morgan fingerprint density at radius 2 is 1.86 bits per heavy atom. The number of thiophene rings is 1. The Morgan fingerprint density at radius 3 is 2.45 bits per heavy atom. The molecular formula is C22H27FN2O3S. The van der Waals surface area contributed by atoms with Crippen LogP contribution in [0.2, 0.25) is 0 Å². The van der Waals surface area contributed by atoms with Crippen molar-refractivity contribution in [3.05, 3.63) is 57.5 Å². The number of hydrogen-bond donors (Lipinski definition) is 0. The average molecular weight is 419 g/mol. The molecule has 0 aliphatic heterocycles. The standard InChI is InChI=1S/C22H27FN2O3S/c1-16-9-12-29-20(16)14-25(13-17-3-7-19(23)8-4-17)21(26)15-24(10-11-28-2)22(27)18-5-6-18/h3-4,7-9,12,18H,5-6,10-11,13-15H2,1-2H3. The third-order valence-corrected chi connectivity index (χ3v) is 6.08. The zero-order valence-corrected chi connectivity index (χ0v) is 17.7. The van der Waals surface area contributed by atoms with Gasteiger partial charge in [0.2, 0.25) is 11.8 Å². The number of aryl methyl sites for hydroxylation is 1. The van der Waals surface area contributed by atoms with Crippen molar-refractivity contribution < 1.29 is 18.7 Å². The van der Waals surface area contributed by atoms with Gasteiger partial charge in [0.15, 0.2) is 0 Å². The fourth-order valence-electron chi connectivity index (χ4n) is 3.10. The van der Waals surface area contributed by atoms with Gasteiger partial charge in [0.25, 0.3) is 0 Å². The highest BCUT2D eigenvalue weighted by Crippen LogP contribution is 2.31. The zero-order valence-electron chi connectivity index (χ0n) is 16.9. The van der Waals surface area contributed by atoms with Crippen molar-refractivity contribution in [3.8, 4) is 0 Å². The number of carbonyl (C=O) groups is 2. The van der Waals surface area contributed by atoms with Gasteiger partial charge in [0.1, 0.15) is 5.82 Å². The van der Waals surface area contributed by atoms with Crippen LogP contribution in [0.15, 0.2) is 35.7 Å². The Bertz CT molecular complexity index is 833. The van der Waals surface area contributed by atoms with E-state index in [0.717, 1.165) is 28.8 Å². The van der Waals surface area contributed by atoms with Gasteiger partial charge in [-0.15, -0.1) is 11.3 Å². The lowest BCUT2D eigenvalue weighted by atomic mass is 10.2. The van der Waals surface area contributed by atoms with Crippen molar-refractivity contribution in [1.29, 1.82) is 0 Å². The molecule has 1 heterocycles. The first-order valence-corrected chi connectivity index (χ1v) is 10.7. The first kappa shape index (κ1) is 21.5. The zero-order chi connectivity index (χ0) is 20.8. The van der Waals surface area contributed by atoms with E-state index in [-0.39, 0.29) is 30.1 Å². The average Bonchev–Trinajstić information content (AvgIpc) is 3.48. The Hall–Kier alpha value is -2.25. The monoisotopic (exact) mass is 418 g/mol. The summed E-state index contributed by atoms with van der Waals surface area (Å²) in [5, 5.41) is 2.01. The number of carbonyl (C=O) groups excluding carboxylic acids is 2. The number of amides is 2. The molecule has 1 saturated carbocycles. The van der Waals surface area contributed by atoms with E-state index in [2.05, 4.69) is 0 Å². The number of rotatable bonds is 10. The third kappa shape index (κ3) is 6.11. The van der Waals surface area contributed by atoms with Crippen LogP contribution >= 0.6 is 11.3 Å². The quantitative estimate of drug-likeness (QED) is 0.592. The summed E-state index contributed by atoms with van der Waals surface area (Å²) in [7, 11) is 1.59. The van der Waals surface area contributed by atoms with E-state index in [1.165, 1.54) is 12.1 Å². The van der Waals surface area contributed by atoms with Crippen LogP contribution in [-0.4, -0.2) is 48.4 Å². The van der Waals surface area contributed by atoms with E-state index in [1.807, 2.05) is 18.4 Å².